The largest absolute Gasteiger partial charge is 0.315 e. The average Bonchev–Trinajstić information content (AvgIpc) is 2.70. The fraction of sp³-hybridized carbons (Fsp3) is 0.833. The first kappa shape index (κ1) is 12.5. The van der Waals surface area contributed by atoms with Crippen molar-refractivity contribution in [1.29, 1.82) is 0 Å². The second-order valence-electron chi connectivity index (χ2n) is 5.75. The Bertz CT molecular complexity index is 352. The lowest BCUT2D eigenvalue weighted by Gasteiger charge is -2.27. The van der Waals surface area contributed by atoms with Gasteiger partial charge in [0.05, 0.1) is 6.54 Å². The summed E-state index contributed by atoms with van der Waals surface area (Å²) in [6, 6.07) is 0. The quantitative estimate of drug-likeness (QED) is 0.789. The molecule has 0 aromatic carbocycles. The Hall–Kier alpha value is -0.940. The molecule has 0 saturated heterocycles. The van der Waals surface area contributed by atoms with E-state index in [1.165, 1.54) is 6.42 Å². The Balaban J connectivity index is 1.68. The summed E-state index contributed by atoms with van der Waals surface area (Å²) in [5.41, 5.74) is 0.224. The molecule has 0 atom stereocenters. The molecule has 1 aromatic heterocycles. The van der Waals surface area contributed by atoms with Gasteiger partial charge in [0, 0.05) is 18.6 Å². The smallest absolute Gasteiger partial charge is 0.147 e. The lowest BCUT2D eigenvalue weighted by atomic mass is 10.1. The Labute approximate surface area is 103 Å². The van der Waals surface area contributed by atoms with Crippen molar-refractivity contribution in [3.8, 4) is 0 Å². The van der Waals surface area contributed by atoms with Crippen LogP contribution in [0.25, 0.3) is 0 Å². The Morgan fingerprint density at radius 3 is 2.94 bits per heavy atom. The van der Waals surface area contributed by atoms with Crippen LogP contribution >= 0.6 is 0 Å². The van der Waals surface area contributed by atoms with E-state index in [0.717, 1.165) is 38.5 Å². The van der Waals surface area contributed by atoms with E-state index in [1.807, 2.05) is 6.33 Å². The molecule has 1 aliphatic rings. The highest BCUT2D eigenvalue weighted by molar-refractivity contribution is 4.89. The van der Waals surface area contributed by atoms with Gasteiger partial charge in [0.2, 0.25) is 0 Å². The molecule has 0 radical (unpaired) electrons. The van der Waals surface area contributed by atoms with Crippen LogP contribution in [-0.4, -0.2) is 44.8 Å². The van der Waals surface area contributed by atoms with Gasteiger partial charge in [-0.15, -0.1) is 10.2 Å². The van der Waals surface area contributed by atoms with Gasteiger partial charge in [0.25, 0.3) is 0 Å². The topological polar surface area (TPSA) is 46.0 Å². The first-order chi connectivity index (χ1) is 8.04. The fourth-order valence-electron chi connectivity index (χ4n) is 2.07. The highest BCUT2D eigenvalue weighted by Gasteiger charge is 2.16. The summed E-state index contributed by atoms with van der Waals surface area (Å²) >= 11 is 0. The van der Waals surface area contributed by atoms with Crippen LogP contribution in [0, 0.1) is 0 Å². The Morgan fingerprint density at radius 1 is 1.35 bits per heavy atom. The van der Waals surface area contributed by atoms with Gasteiger partial charge in [-0.2, -0.15) is 0 Å². The molecule has 17 heavy (non-hydrogen) atoms. The van der Waals surface area contributed by atoms with Crippen LogP contribution in [0.4, 0.5) is 0 Å². The molecule has 5 heteroatoms. The molecule has 5 nitrogen and oxygen atoms in total. The highest BCUT2D eigenvalue weighted by Crippen LogP contribution is 2.09. The standard InChI is InChI=1S/C12H23N5/c1-12(2,3)13-5-4-6-16-7-8-17-10-14-15-11(17)9-16/h10,13H,4-9H2,1-3H3. The zero-order valence-electron chi connectivity index (χ0n) is 11.1. The third-order valence-electron chi connectivity index (χ3n) is 3.02. The van der Waals surface area contributed by atoms with Gasteiger partial charge in [0.1, 0.15) is 12.2 Å². The van der Waals surface area contributed by atoms with Crippen LogP contribution in [0.1, 0.15) is 33.0 Å². The average molecular weight is 237 g/mol. The van der Waals surface area contributed by atoms with Crippen LogP contribution in [0.3, 0.4) is 0 Å². The van der Waals surface area contributed by atoms with Crippen LogP contribution in [-0.2, 0) is 13.1 Å². The van der Waals surface area contributed by atoms with Crippen molar-refractivity contribution >= 4 is 0 Å². The maximum atomic E-state index is 4.13. The van der Waals surface area contributed by atoms with E-state index in [9.17, 15) is 0 Å². The molecule has 1 N–H and O–H groups in total. The number of hydrogen-bond acceptors (Lipinski definition) is 4. The Morgan fingerprint density at radius 2 is 2.18 bits per heavy atom. The molecule has 0 amide bonds. The molecule has 96 valence electrons. The van der Waals surface area contributed by atoms with Crippen molar-refractivity contribution in [1.82, 2.24) is 25.0 Å². The zero-order valence-corrected chi connectivity index (χ0v) is 11.1. The first-order valence-electron chi connectivity index (χ1n) is 6.39. The van der Waals surface area contributed by atoms with Crippen LogP contribution in [0.5, 0.6) is 0 Å². The second kappa shape index (κ2) is 5.14. The van der Waals surface area contributed by atoms with Crippen molar-refractivity contribution in [3.05, 3.63) is 12.2 Å². The summed E-state index contributed by atoms with van der Waals surface area (Å²) in [6.45, 7) is 11.9. The summed E-state index contributed by atoms with van der Waals surface area (Å²) in [5.74, 6) is 1.10. The van der Waals surface area contributed by atoms with Gasteiger partial charge >= 0.3 is 0 Å². The lowest BCUT2D eigenvalue weighted by molar-refractivity contribution is 0.212. The summed E-state index contributed by atoms with van der Waals surface area (Å²) in [4.78, 5) is 2.45. The van der Waals surface area contributed by atoms with Gasteiger partial charge in [-0.3, -0.25) is 4.90 Å². The van der Waals surface area contributed by atoms with Gasteiger partial charge < -0.3 is 9.88 Å². The first-order valence-corrected chi connectivity index (χ1v) is 6.39. The molecule has 1 aliphatic heterocycles. The van der Waals surface area contributed by atoms with Crippen LogP contribution in [0.15, 0.2) is 6.33 Å². The van der Waals surface area contributed by atoms with E-state index in [2.05, 4.69) is 45.8 Å². The van der Waals surface area contributed by atoms with Crippen molar-refractivity contribution < 1.29 is 0 Å². The molecular weight excluding hydrogens is 214 g/mol. The molecule has 1 aromatic rings. The number of aromatic nitrogens is 3. The molecule has 0 spiro atoms. The predicted molar refractivity (Wildman–Crippen MR) is 67.7 cm³/mol. The number of hydrogen-bond donors (Lipinski definition) is 1. The third-order valence-corrected chi connectivity index (χ3v) is 3.02. The fourth-order valence-corrected chi connectivity index (χ4v) is 2.07. The van der Waals surface area contributed by atoms with E-state index in [1.54, 1.807) is 0 Å². The third kappa shape index (κ3) is 3.78. The lowest BCUT2D eigenvalue weighted by Crippen LogP contribution is -2.39. The highest BCUT2D eigenvalue weighted by atomic mass is 15.3. The van der Waals surface area contributed by atoms with E-state index in [4.69, 9.17) is 0 Å². The van der Waals surface area contributed by atoms with E-state index >= 15 is 0 Å². The minimum atomic E-state index is 0.224. The number of nitrogens with zero attached hydrogens (tertiary/aromatic N) is 4. The van der Waals surface area contributed by atoms with E-state index in [-0.39, 0.29) is 5.54 Å². The monoisotopic (exact) mass is 237 g/mol. The van der Waals surface area contributed by atoms with Gasteiger partial charge in [-0.25, -0.2) is 0 Å². The van der Waals surface area contributed by atoms with Crippen molar-refractivity contribution in [2.24, 2.45) is 0 Å². The van der Waals surface area contributed by atoms with Crippen molar-refractivity contribution in [2.75, 3.05) is 19.6 Å². The summed E-state index contributed by atoms with van der Waals surface area (Å²) in [6.07, 6.45) is 3.01. The summed E-state index contributed by atoms with van der Waals surface area (Å²) in [7, 11) is 0. The van der Waals surface area contributed by atoms with E-state index in [0.29, 0.717) is 0 Å². The number of rotatable bonds is 4. The maximum Gasteiger partial charge on any atom is 0.147 e. The predicted octanol–water partition coefficient (Wildman–Crippen LogP) is 0.872. The molecule has 0 fully saturated rings. The SMILES string of the molecule is CC(C)(C)NCCCN1CCn2cnnc2C1. The molecule has 2 rings (SSSR count). The van der Waals surface area contributed by atoms with Gasteiger partial charge in [-0.1, -0.05) is 0 Å². The minimum Gasteiger partial charge on any atom is -0.315 e. The van der Waals surface area contributed by atoms with Gasteiger partial charge in [-0.05, 0) is 40.3 Å². The second-order valence-corrected chi connectivity index (χ2v) is 5.75. The molecule has 0 aliphatic carbocycles. The van der Waals surface area contributed by atoms with Crippen LogP contribution in [0.2, 0.25) is 0 Å². The normalized spacial score (nSPS) is 17.1. The molecule has 2 heterocycles. The molecule has 0 saturated carbocycles. The van der Waals surface area contributed by atoms with E-state index < -0.39 is 0 Å². The van der Waals surface area contributed by atoms with Crippen LogP contribution < -0.4 is 5.32 Å². The zero-order chi connectivity index (χ0) is 12.3. The molecular formula is C12H23N5. The summed E-state index contributed by atoms with van der Waals surface area (Å²) < 4.78 is 2.14. The number of nitrogens with one attached hydrogen (secondary N) is 1. The maximum absolute atomic E-state index is 4.13. The Kier molecular flexibility index (Phi) is 3.79. The van der Waals surface area contributed by atoms with Crippen molar-refractivity contribution in [2.45, 2.75) is 45.8 Å². The molecule has 0 unspecified atom stereocenters. The van der Waals surface area contributed by atoms with Crippen molar-refractivity contribution in [3.63, 3.8) is 0 Å². The minimum absolute atomic E-state index is 0.224. The van der Waals surface area contributed by atoms with Gasteiger partial charge in [0.15, 0.2) is 0 Å². The summed E-state index contributed by atoms with van der Waals surface area (Å²) in [5, 5.41) is 11.6. The molecule has 0 bridgehead atoms. The number of fused-ring (bicyclic) bond motifs is 1.